The smallest absolute Gasteiger partial charge is 0.407 e. The second-order valence-corrected chi connectivity index (χ2v) is 14.4. The molecular weight excluding hydrogens is 609 g/mol. The number of ether oxygens (including phenoxy) is 2. The van der Waals surface area contributed by atoms with Crippen LogP contribution in [-0.2, 0) is 19.1 Å². The molecule has 1 aromatic heterocycles. The second kappa shape index (κ2) is 14.6. The molecule has 0 unspecified atom stereocenters. The van der Waals surface area contributed by atoms with Gasteiger partial charge in [-0.3, -0.25) is 9.59 Å². The van der Waals surface area contributed by atoms with Crippen LogP contribution in [0.25, 0.3) is 11.0 Å². The zero-order chi connectivity index (χ0) is 33.9. The monoisotopic (exact) mass is 657 g/mol. The van der Waals surface area contributed by atoms with Crippen molar-refractivity contribution in [2.45, 2.75) is 102 Å². The number of hydrogen-bond acceptors (Lipinski definition) is 7. The fourth-order valence-electron chi connectivity index (χ4n) is 7.83. The number of nitrogens with one attached hydrogen (secondary N) is 2. The lowest BCUT2D eigenvalue weighted by Crippen LogP contribution is -2.50. The Morgan fingerprint density at radius 3 is 2.34 bits per heavy atom. The third-order valence-corrected chi connectivity index (χ3v) is 10.2. The van der Waals surface area contributed by atoms with E-state index < -0.39 is 36.4 Å². The Morgan fingerprint density at radius 2 is 1.72 bits per heavy atom. The van der Waals surface area contributed by atoms with Gasteiger partial charge in [-0.1, -0.05) is 0 Å². The molecule has 47 heavy (non-hydrogen) atoms. The maximum atomic E-state index is 14.1. The Balaban J connectivity index is 1.28. The van der Waals surface area contributed by atoms with Gasteiger partial charge in [-0.05, 0) is 121 Å². The summed E-state index contributed by atoms with van der Waals surface area (Å²) in [6, 6.07) is 5.06. The van der Waals surface area contributed by atoms with Crippen LogP contribution in [0.15, 0.2) is 28.7 Å². The van der Waals surface area contributed by atoms with Crippen molar-refractivity contribution >= 4 is 40.5 Å². The van der Waals surface area contributed by atoms with Crippen LogP contribution < -0.4 is 10.6 Å². The molecule has 3 fully saturated rings. The van der Waals surface area contributed by atoms with Gasteiger partial charge in [0.25, 0.3) is 0 Å². The number of methoxy groups -OCH3 is 1. The number of amides is 3. The van der Waals surface area contributed by atoms with Crippen molar-refractivity contribution in [2.75, 3.05) is 25.6 Å². The number of carbonyl (C=O) groups excluding carboxylic acids is 3. The topological polar surface area (TPSA) is 147 Å². The molecule has 1 aliphatic heterocycles. The first-order valence-electron chi connectivity index (χ1n) is 16.8. The summed E-state index contributed by atoms with van der Waals surface area (Å²) in [7, 11) is 1.73. The Hall–Kier alpha value is -3.67. The van der Waals surface area contributed by atoms with E-state index in [0.29, 0.717) is 48.9 Å². The van der Waals surface area contributed by atoms with Crippen LogP contribution in [0.1, 0.15) is 89.1 Å². The molecule has 2 aromatic rings. The highest BCUT2D eigenvalue weighted by molar-refractivity contribution is 6.00. The quantitative estimate of drug-likeness (QED) is 0.291. The molecule has 0 spiro atoms. The molecule has 2 saturated carbocycles. The predicted octanol–water partition coefficient (Wildman–Crippen LogP) is 6.16. The van der Waals surface area contributed by atoms with E-state index in [2.05, 4.69) is 10.6 Å². The molecule has 2 aliphatic carbocycles. The number of anilines is 1. The fraction of sp³-hybridized carbons (Fsp3) is 0.657. The van der Waals surface area contributed by atoms with Crippen LogP contribution in [-0.4, -0.2) is 78.0 Å². The summed E-state index contributed by atoms with van der Waals surface area (Å²) in [6.07, 6.45) is 6.24. The molecule has 0 bridgehead atoms. The van der Waals surface area contributed by atoms with Gasteiger partial charge in [-0.25, -0.2) is 14.0 Å². The summed E-state index contributed by atoms with van der Waals surface area (Å²) in [5.41, 5.74) is 0.208. The van der Waals surface area contributed by atoms with Crippen molar-refractivity contribution < 1.29 is 42.6 Å². The third kappa shape index (κ3) is 8.25. The largest absolute Gasteiger partial charge is 0.475 e. The first-order chi connectivity index (χ1) is 22.4. The summed E-state index contributed by atoms with van der Waals surface area (Å²) >= 11 is 0. The number of carbonyl (C=O) groups is 4. The molecule has 3 atom stereocenters. The van der Waals surface area contributed by atoms with Gasteiger partial charge in [0, 0.05) is 30.6 Å². The Kier molecular flexibility index (Phi) is 10.8. The van der Waals surface area contributed by atoms with Crippen molar-refractivity contribution in [3.63, 3.8) is 0 Å². The highest BCUT2D eigenvalue weighted by atomic mass is 19.1. The lowest BCUT2D eigenvalue weighted by Gasteiger charge is -2.38. The summed E-state index contributed by atoms with van der Waals surface area (Å²) in [5, 5.41) is 15.5. The molecule has 1 aromatic carbocycles. The molecule has 0 radical (unpaired) electrons. The second-order valence-electron chi connectivity index (χ2n) is 14.4. The van der Waals surface area contributed by atoms with E-state index in [1.807, 2.05) is 0 Å². The van der Waals surface area contributed by atoms with E-state index in [4.69, 9.17) is 13.9 Å². The van der Waals surface area contributed by atoms with Gasteiger partial charge < -0.3 is 34.5 Å². The highest BCUT2D eigenvalue weighted by Crippen LogP contribution is 2.42. The van der Waals surface area contributed by atoms with Gasteiger partial charge >= 0.3 is 12.1 Å². The number of rotatable bonds is 9. The van der Waals surface area contributed by atoms with Gasteiger partial charge in [-0.15, -0.1) is 0 Å². The van der Waals surface area contributed by atoms with E-state index in [-0.39, 0.29) is 47.4 Å². The first kappa shape index (κ1) is 34.7. The van der Waals surface area contributed by atoms with Crippen molar-refractivity contribution in [1.82, 2.24) is 10.2 Å². The number of likely N-dealkylation sites (tertiary alicyclic amines) is 1. The van der Waals surface area contributed by atoms with Crippen molar-refractivity contribution in [3.05, 3.63) is 30.0 Å². The number of aromatic carboxylic acids is 1. The highest BCUT2D eigenvalue weighted by Gasteiger charge is 2.47. The van der Waals surface area contributed by atoms with E-state index >= 15 is 0 Å². The fourth-order valence-corrected chi connectivity index (χ4v) is 7.83. The number of fused-ring (bicyclic) bond motifs is 1. The van der Waals surface area contributed by atoms with Gasteiger partial charge in [0.2, 0.25) is 17.6 Å². The number of nitrogens with zero attached hydrogens (tertiary/aromatic N) is 1. The number of furan rings is 1. The normalized spacial score (nSPS) is 27.3. The van der Waals surface area contributed by atoms with Gasteiger partial charge in [0.1, 0.15) is 23.9 Å². The van der Waals surface area contributed by atoms with E-state index in [1.165, 1.54) is 6.07 Å². The molecule has 3 aliphatic rings. The zero-order valence-corrected chi connectivity index (χ0v) is 27.8. The SMILES string of the molecule is COC1CCC([C@H]2CCN(C(=O)C3CCC([C@@H](CF)NC(=O)OC(C)(C)C)CC3)[C@H]2C(=O)Nc2ccc3oc(C(=O)O)cc3c2)CC1. The van der Waals surface area contributed by atoms with Crippen LogP contribution >= 0.6 is 0 Å². The number of alkyl carbamates (subject to hydrolysis) is 1. The maximum absolute atomic E-state index is 14.1. The Labute approximate surface area is 274 Å². The minimum absolute atomic E-state index is 0.00156. The van der Waals surface area contributed by atoms with Gasteiger partial charge in [0.05, 0.1) is 12.1 Å². The predicted molar refractivity (Wildman–Crippen MR) is 173 cm³/mol. The Morgan fingerprint density at radius 1 is 1.02 bits per heavy atom. The molecule has 258 valence electrons. The molecule has 12 heteroatoms. The molecule has 5 rings (SSSR count). The molecular formula is C35H48FN3O8. The summed E-state index contributed by atoms with van der Waals surface area (Å²) in [6.45, 7) is 5.03. The van der Waals surface area contributed by atoms with Crippen LogP contribution in [0.5, 0.6) is 0 Å². The number of benzene rings is 1. The lowest BCUT2D eigenvalue weighted by atomic mass is 9.75. The molecule has 3 N–H and O–H groups in total. The number of halogens is 1. The van der Waals surface area contributed by atoms with Crippen molar-refractivity contribution in [1.29, 1.82) is 0 Å². The summed E-state index contributed by atoms with van der Waals surface area (Å²) < 4.78 is 30.3. The van der Waals surface area contributed by atoms with Crippen LogP contribution in [0.4, 0.5) is 14.9 Å². The number of alkyl halides is 1. The summed E-state index contributed by atoms with van der Waals surface area (Å²) in [5.74, 6) is -1.79. The number of carboxylic acids is 1. The number of carboxylic acid groups (broad SMARTS) is 1. The first-order valence-corrected chi connectivity index (χ1v) is 16.8. The molecule has 11 nitrogen and oxygen atoms in total. The molecule has 2 heterocycles. The molecule has 3 amide bonds. The standard InChI is InChI=1S/C35H48FN3O8/c1-35(2,3)47-34(44)38-27(19-36)21-5-7-22(8-6-21)32(41)39-16-15-26(20-9-12-25(45-4)13-10-20)30(39)31(40)37-24-11-14-28-23(17-24)18-29(46-28)33(42)43/h11,14,17-18,20-22,25-27,30H,5-10,12-13,15-16,19H2,1-4H3,(H,37,40)(H,38,44)(H,42,43)/t20?,21?,22?,25?,26-,27-,30-/m1/s1. The number of hydrogen-bond donors (Lipinski definition) is 3. The van der Waals surface area contributed by atoms with Gasteiger partial charge in [0.15, 0.2) is 0 Å². The van der Waals surface area contributed by atoms with E-state index in [0.717, 1.165) is 32.1 Å². The van der Waals surface area contributed by atoms with E-state index in [1.54, 1.807) is 51.0 Å². The molecule has 1 saturated heterocycles. The third-order valence-electron chi connectivity index (χ3n) is 10.2. The minimum Gasteiger partial charge on any atom is -0.475 e. The van der Waals surface area contributed by atoms with Crippen LogP contribution in [0.3, 0.4) is 0 Å². The average Bonchev–Trinajstić information content (AvgIpc) is 3.68. The summed E-state index contributed by atoms with van der Waals surface area (Å²) in [4.78, 5) is 53.6. The average molecular weight is 658 g/mol. The van der Waals surface area contributed by atoms with Crippen molar-refractivity contribution in [2.24, 2.45) is 23.7 Å². The van der Waals surface area contributed by atoms with Gasteiger partial charge in [-0.2, -0.15) is 0 Å². The van der Waals surface area contributed by atoms with Crippen molar-refractivity contribution in [3.8, 4) is 0 Å². The van der Waals surface area contributed by atoms with Crippen LogP contribution in [0, 0.1) is 23.7 Å². The Bertz CT molecular complexity index is 1440. The lowest BCUT2D eigenvalue weighted by molar-refractivity contribution is -0.142. The zero-order valence-electron chi connectivity index (χ0n) is 27.8. The maximum Gasteiger partial charge on any atom is 0.407 e. The van der Waals surface area contributed by atoms with E-state index in [9.17, 15) is 28.7 Å². The minimum atomic E-state index is -1.17. The van der Waals surface area contributed by atoms with Crippen LogP contribution in [0.2, 0.25) is 0 Å².